The van der Waals surface area contributed by atoms with Gasteiger partial charge in [0.25, 0.3) is 16.7 Å². The van der Waals surface area contributed by atoms with Crippen molar-refractivity contribution < 1.29 is 14.2 Å². The molecule has 6 N–H and O–H groups in total. The summed E-state index contributed by atoms with van der Waals surface area (Å²) in [5, 5.41) is 0. The van der Waals surface area contributed by atoms with E-state index >= 15 is 0 Å². The van der Waals surface area contributed by atoms with Crippen molar-refractivity contribution in [3.63, 3.8) is 0 Å². The number of nitrogens with two attached hydrogens (primary N) is 3. The summed E-state index contributed by atoms with van der Waals surface area (Å²) in [7, 11) is 0. The minimum absolute atomic E-state index is 0.0839. The first kappa shape index (κ1) is 31.1. The van der Waals surface area contributed by atoms with Gasteiger partial charge in [-0.1, -0.05) is 0 Å². The molecule has 3 aromatic heterocycles. The summed E-state index contributed by atoms with van der Waals surface area (Å²) in [5.74, 6) is 0. The van der Waals surface area contributed by atoms with Gasteiger partial charge in [0.15, 0.2) is 0 Å². The highest BCUT2D eigenvalue weighted by Crippen LogP contribution is 2.20. The zero-order valence-electron chi connectivity index (χ0n) is 23.9. The van der Waals surface area contributed by atoms with Gasteiger partial charge in [-0.15, -0.1) is 0 Å². The Balaban J connectivity index is 0.000000145. The molecule has 6 heterocycles. The van der Waals surface area contributed by atoms with Gasteiger partial charge in [0.2, 0.25) is 0 Å². The second-order valence-electron chi connectivity index (χ2n) is 10.6. The molecule has 12 nitrogen and oxygen atoms in total. The van der Waals surface area contributed by atoms with Crippen molar-refractivity contribution >= 4 is 17.1 Å². The highest BCUT2D eigenvalue weighted by Gasteiger charge is 2.18. The zero-order chi connectivity index (χ0) is 29.9. The fourth-order valence-corrected chi connectivity index (χ4v) is 5.29. The molecule has 0 spiro atoms. The number of pyridine rings is 3. The lowest BCUT2D eigenvalue weighted by molar-refractivity contribution is 0.0580. The monoisotopic (exact) mass is 582 g/mol. The average Bonchev–Trinajstić information content (AvgIpc) is 3.03. The second kappa shape index (κ2) is 15.4. The van der Waals surface area contributed by atoms with Crippen LogP contribution < -0.4 is 33.9 Å². The summed E-state index contributed by atoms with van der Waals surface area (Å²) in [6.45, 7) is 4.28. The maximum absolute atomic E-state index is 11.7. The van der Waals surface area contributed by atoms with Crippen molar-refractivity contribution in [2.45, 2.75) is 56.7 Å². The molecular formula is C30H42N6O6. The van der Waals surface area contributed by atoms with E-state index in [1.54, 1.807) is 62.6 Å². The minimum Gasteiger partial charge on any atom is -0.394 e. The van der Waals surface area contributed by atoms with E-state index in [4.69, 9.17) is 31.4 Å². The van der Waals surface area contributed by atoms with Crippen molar-refractivity contribution in [3.8, 4) is 0 Å². The fraction of sp³-hybridized carbons (Fsp3) is 0.500. The van der Waals surface area contributed by atoms with E-state index < -0.39 is 0 Å². The quantitative estimate of drug-likeness (QED) is 0.419. The summed E-state index contributed by atoms with van der Waals surface area (Å²) in [4.78, 5) is 35.0. The summed E-state index contributed by atoms with van der Waals surface area (Å²) < 4.78 is 21.0. The van der Waals surface area contributed by atoms with E-state index in [1.165, 1.54) is 0 Å². The highest BCUT2D eigenvalue weighted by atomic mass is 16.5. The topological polar surface area (TPSA) is 172 Å². The molecule has 3 saturated heterocycles. The second-order valence-corrected chi connectivity index (χ2v) is 10.6. The number of hydrogen-bond acceptors (Lipinski definition) is 9. The lowest BCUT2D eigenvalue weighted by Gasteiger charge is -2.24. The predicted molar refractivity (Wildman–Crippen MR) is 163 cm³/mol. The molecule has 0 aliphatic carbocycles. The van der Waals surface area contributed by atoms with Crippen LogP contribution in [0.25, 0.3) is 0 Å². The lowest BCUT2D eigenvalue weighted by Crippen LogP contribution is -2.31. The van der Waals surface area contributed by atoms with Crippen LogP contribution in [-0.2, 0) is 14.2 Å². The molecule has 3 fully saturated rings. The Kier molecular flexibility index (Phi) is 11.4. The maximum Gasteiger partial charge on any atom is 0.273 e. The Labute approximate surface area is 244 Å². The molecular weight excluding hydrogens is 540 g/mol. The zero-order valence-corrected chi connectivity index (χ0v) is 23.9. The molecule has 6 rings (SSSR count). The SMILES string of the molecule is Nc1cccn(C2CCCOC2)c1=O.Nc1cccn(C2CCOCC2)c1=O.Nc1cccn([C@H]2CCCOC2)c1=O. The van der Waals surface area contributed by atoms with Gasteiger partial charge in [-0.3, -0.25) is 14.4 Å². The van der Waals surface area contributed by atoms with Crippen LogP contribution in [0.1, 0.15) is 56.7 Å². The van der Waals surface area contributed by atoms with Gasteiger partial charge in [-0.2, -0.15) is 0 Å². The molecule has 0 amide bonds. The Morgan fingerprint density at radius 1 is 0.524 bits per heavy atom. The summed E-state index contributed by atoms with van der Waals surface area (Å²) in [5.41, 5.74) is 17.3. The van der Waals surface area contributed by atoms with Gasteiger partial charge in [0, 0.05) is 51.1 Å². The van der Waals surface area contributed by atoms with Gasteiger partial charge >= 0.3 is 0 Å². The van der Waals surface area contributed by atoms with Crippen LogP contribution in [0.15, 0.2) is 69.4 Å². The van der Waals surface area contributed by atoms with E-state index in [0.29, 0.717) is 30.3 Å². The van der Waals surface area contributed by atoms with Crippen LogP contribution in [0.3, 0.4) is 0 Å². The first-order valence-corrected chi connectivity index (χ1v) is 14.5. The molecule has 12 heteroatoms. The molecule has 228 valence electrons. The number of rotatable bonds is 3. The van der Waals surface area contributed by atoms with Gasteiger partial charge in [-0.25, -0.2) is 0 Å². The third kappa shape index (κ3) is 8.11. The summed E-state index contributed by atoms with van der Waals surface area (Å²) in [6, 6.07) is 10.9. The van der Waals surface area contributed by atoms with Crippen molar-refractivity contribution in [3.05, 3.63) is 86.1 Å². The van der Waals surface area contributed by atoms with Crippen LogP contribution in [-0.4, -0.2) is 53.3 Å². The third-order valence-corrected chi connectivity index (χ3v) is 7.66. The highest BCUT2D eigenvalue weighted by molar-refractivity contribution is 5.35. The molecule has 3 aliphatic heterocycles. The molecule has 3 aromatic rings. The first-order valence-electron chi connectivity index (χ1n) is 14.5. The minimum atomic E-state index is -0.108. The van der Waals surface area contributed by atoms with Gasteiger partial charge < -0.3 is 45.1 Å². The number of ether oxygens (including phenoxy) is 3. The molecule has 0 saturated carbocycles. The van der Waals surface area contributed by atoms with E-state index in [1.807, 2.05) is 6.07 Å². The predicted octanol–water partition coefficient (Wildman–Crippen LogP) is 2.35. The van der Waals surface area contributed by atoms with Crippen LogP contribution >= 0.6 is 0 Å². The van der Waals surface area contributed by atoms with Crippen LogP contribution in [0.2, 0.25) is 0 Å². The molecule has 42 heavy (non-hydrogen) atoms. The third-order valence-electron chi connectivity index (χ3n) is 7.66. The van der Waals surface area contributed by atoms with Crippen LogP contribution in [0.5, 0.6) is 0 Å². The summed E-state index contributed by atoms with van der Waals surface area (Å²) in [6.07, 6.45) is 11.1. The Hall–Kier alpha value is -3.87. The number of hydrogen-bond donors (Lipinski definition) is 3. The molecule has 0 radical (unpaired) electrons. The standard InChI is InChI=1S/3C10H14N2O2/c2*11-9-4-1-5-12(10(9)13)8-3-2-6-14-7-8;11-9-2-1-5-12(10(9)13)8-3-6-14-7-4-8/h2*1,4-5,8H,2-3,6-7,11H2;1-2,5,8H,3-4,6-7,11H2/t8-;;/m0../s1. The lowest BCUT2D eigenvalue weighted by atomic mass is 10.1. The largest absolute Gasteiger partial charge is 0.394 e. The van der Waals surface area contributed by atoms with Crippen LogP contribution in [0.4, 0.5) is 17.1 Å². The first-order chi connectivity index (χ1) is 20.4. The van der Waals surface area contributed by atoms with Crippen molar-refractivity contribution in [2.75, 3.05) is 56.8 Å². The van der Waals surface area contributed by atoms with Gasteiger partial charge in [0.05, 0.1) is 42.4 Å². The normalized spacial score (nSPS) is 20.9. The Bertz CT molecular complexity index is 1270. The number of aromatic nitrogens is 3. The van der Waals surface area contributed by atoms with E-state index in [2.05, 4.69) is 0 Å². The smallest absolute Gasteiger partial charge is 0.273 e. The van der Waals surface area contributed by atoms with E-state index in [9.17, 15) is 14.4 Å². The maximum atomic E-state index is 11.7. The molecule has 0 bridgehead atoms. The van der Waals surface area contributed by atoms with Crippen molar-refractivity contribution in [2.24, 2.45) is 0 Å². The fourth-order valence-electron chi connectivity index (χ4n) is 5.29. The molecule has 1 unspecified atom stereocenters. The molecule has 3 aliphatic rings. The number of nitrogen functional groups attached to an aromatic ring is 3. The Morgan fingerprint density at radius 2 is 0.905 bits per heavy atom. The van der Waals surface area contributed by atoms with Gasteiger partial charge in [-0.05, 0) is 74.9 Å². The Morgan fingerprint density at radius 3 is 1.26 bits per heavy atom. The van der Waals surface area contributed by atoms with Crippen LogP contribution in [0, 0.1) is 0 Å². The van der Waals surface area contributed by atoms with E-state index in [-0.39, 0.29) is 34.8 Å². The van der Waals surface area contributed by atoms with E-state index in [0.717, 1.165) is 65.0 Å². The molecule has 0 aromatic carbocycles. The average molecular weight is 583 g/mol. The number of nitrogens with zero attached hydrogens (tertiary/aromatic N) is 3. The van der Waals surface area contributed by atoms with Crippen molar-refractivity contribution in [1.82, 2.24) is 13.7 Å². The molecule has 2 atom stereocenters. The van der Waals surface area contributed by atoms with Gasteiger partial charge in [0.1, 0.15) is 0 Å². The number of anilines is 3. The van der Waals surface area contributed by atoms with Crippen molar-refractivity contribution in [1.29, 1.82) is 0 Å². The summed E-state index contributed by atoms with van der Waals surface area (Å²) >= 11 is 0.